The molecule has 0 spiro atoms. The predicted molar refractivity (Wildman–Crippen MR) is 83.8 cm³/mol. The number of aliphatic hydroxyl groups is 1. The number of nitrogens with one attached hydrogen (secondary N) is 1. The van der Waals surface area contributed by atoms with Gasteiger partial charge in [0.1, 0.15) is 0 Å². The average Bonchev–Trinajstić information content (AvgIpc) is 2.30. The van der Waals surface area contributed by atoms with Crippen molar-refractivity contribution in [2.24, 2.45) is 22.2 Å². The summed E-state index contributed by atoms with van der Waals surface area (Å²) in [6.07, 6.45) is 8.79. The van der Waals surface area contributed by atoms with Crippen LogP contribution in [-0.2, 0) is 4.79 Å². The highest BCUT2D eigenvalue weighted by atomic mass is 16.3. The Bertz CT molecular complexity index is 415. The molecule has 3 heteroatoms. The van der Waals surface area contributed by atoms with Gasteiger partial charge in [-0.15, -0.1) is 0 Å². The molecule has 3 unspecified atom stereocenters. The molecule has 4 rings (SSSR count). The minimum absolute atomic E-state index is 0.150. The third kappa shape index (κ3) is 2.99. The SMILES string of the molecule is CCC(O)CNC(=O)CC12CC3CC(C)(CC(C)(C3)C1)C2. The van der Waals surface area contributed by atoms with Gasteiger partial charge in [-0.25, -0.2) is 0 Å². The molecule has 0 aromatic carbocycles. The van der Waals surface area contributed by atoms with E-state index in [1.807, 2.05) is 6.92 Å². The maximum absolute atomic E-state index is 12.3. The molecule has 0 aromatic rings. The second-order valence-electron chi connectivity index (χ2n) is 9.17. The quantitative estimate of drug-likeness (QED) is 0.817. The monoisotopic (exact) mass is 293 g/mol. The van der Waals surface area contributed by atoms with E-state index in [4.69, 9.17) is 0 Å². The second-order valence-corrected chi connectivity index (χ2v) is 9.17. The Morgan fingerprint density at radius 2 is 1.81 bits per heavy atom. The largest absolute Gasteiger partial charge is 0.391 e. The van der Waals surface area contributed by atoms with Crippen molar-refractivity contribution in [1.29, 1.82) is 0 Å². The molecule has 21 heavy (non-hydrogen) atoms. The molecule has 0 radical (unpaired) electrons. The van der Waals surface area contributed by atoms with Gasteiger partial charge in [0.2, 0.25) is 5.91 Å². The molecule has 3 nitrogen and oxygen atoms in total. The van der Waals surface area contributed by atoms with Gasteiger partial charge in [-0.3, -0.25) is 4.79 Å². The molecular formula is C18H31NO2. The maximum atomic E-state index is 12.3. The number of rotatable bonds is 5. The number of carbonyl (C=O) groups excluding carboxylic acids is 1. The van der Waals surface area contributed by atoms with Gasteiger partial charge in [-0.1, -0.05) is 20.8 Å². The van der Waals surface area contributed by atoms with Gasteiger partial charge < -0.3 is 10.4 Å². The van der Waals surface area contributed by atoms with Gasteiger partial charge in [0.25, 0.3) is 0 Å². The topological polar surface area (TPSA) is 49.3 Å². The maximum Gasteiger partial charge on any atom is 0.220 e. The van der Waals surface area contributed by atoms with Crippen LogP contribution in [0.15, 0.2) is 0 Å². The van der Waals surface area contributed by atoms with Crippen molar-refractivity contribution in [2.75, 3.05) is 6.54 Å². The van der Waals surface area contributed by atoms with Crippen molar-refractivity contribution in [2.45, 2.75) is 78.2 Å². The standard InChI is InChI=1S/C18H31NO2/c1-4-14(20)9-19-15(21)8-18-7-13-5-16(2,11-18)10-17(3,6-13)12-18/h13-14,20H,4-12H2,1-3H3,(H,19,21). The molecule has 0 heterocycles. The Morgan fingerprint density at radius 1 is 1.19 bits per heavy atom. The summed E-state index contributed by atoms with van der Waals surface area (Å²) < 4.78 is 0. The first kappa shape index (κ1) is 15.3. The third-order valence-corrected chi connectivity index (χ3v) is 6.28. The fourth-order valence-electron chi connectivity index (χ4n) is 6.66. The van der Waals surface area contributed by atoms with E-state index in [1.54, 1.807) is 0 Å². The lowest BCUT2D eigenvalue weighted by molar-refractivity contribution is -0.156. The first-order valence-corrected chi connectivity index (χ1v) is 8.70. The molecule has 3 atom stereocenters. The predicted octanol–water partition coefficient (Wildman–Crippen LogP) is 3.26. The molecular weight excluding hydrogens is 262 g/mol. The van der Waals surface area contributed by atoms with Gasteiger partial charge in [0.05, 0.1) is 6.10 Å². The van der Waals surface area contributed by atoms with Crippen LogP contribution in [0.3, 0.4) is 0 Å². The van der Waals surface area contributed by atoms with Crippen molar-refractivity contribution in [3.8, 4) is 0 Å². The Hall–Kier alpha value is -0.570. The number of amides is 1. The van der Waals surface area contributed by atoms with Gasteiger partial charge in [0.15, 0.2) is 0 Å². The lowest BCUT2D eigenvalue weighted by atomic mass is 9.40. The summed E-state index contributed by atoms with van der Waals surface area (Å²) in [7, 11) is 0. The molecule has 1 amide bonds. The molecule has 4 saturated carbocycles. The zero-order valence-electron chi connectivity index (χ0n) is 13.9. The van der Waals surface area contributed by atoms with Crippen LogP contribution >= 0.6 is 0 Å². The van der Waals surface area contributed by atoms with Gasteiger partial charge in [0, 0.05) is 13.0 Å². The highest BCUT2D eigenvalue weighted by Gasteiger charge is 2.60. The Morgan fingerprint density at radius 3 is 2.33 bits per heavy atom. The van der Waals surface area contributed by atoms with Crippen molar-refractivity contribution < 1.29 is 9.90 Å². The van der Waals surface area contributed by atoms with E-state index in [-0.39, 0.29) is 11.3 Å². The molecule has 4 aliphatic carbocycles. The summed E-state index contributed by atoms with van der Waals surface area (Å²) >= 11 is 0. The molecule has 0 saturated heterocycles. The molecule has 0 aromatic heterocycles. The van der Waals surface area contributed by atoms with Crippen LogP contribution in [-0.4, -0.2) is 23.7 Å². The Balaban J connectivity index is 1.66. The van der Waals surface area contributed by atoms with E-state index in [9.17, 15) is 9.90 Å². The fourth-order valence-corrected chi connectivity index (χ4v) is 6.66. The van der Waals surface area contributed by atoms with E-state index in [2.05, 4.69) is 19.2 Å². The first-order valence-electron chi connectivity index (χ1n) is 8.70. The lowest BCUT2D eigenvalue weighted by Crippen LogP contribution is -2.56. The summed E-state index contributed by atoms with van der Waals surface area (Å²) in [5.74, 6) is 0.988. The van der Waals surface area contributed by atoms with Crippen molar-refractivity contribution in [3.63, 3.8) is 0 Å². The lowest BCUT2D eigenvalue weighted by Gasteiger charge is -2.65. The number of hydrogen-bond acceptors (Lipinski definition) is 2. The van der Waals surface area contributed by atoms with Gasteiger partial charge in [-0.05, 0) is 67.1 Å². The second kappa shape index (κ2) is 4.97. The third-order valence-electron chi connectivity index (χ3n) is 6.28. The minimum Gasteiger partial charge on any atom is -0.391 e. The van der Waals surface area contributed by atoms with Crippen LogP contribution in [0.2, 0.25) is 0 Å². The van der Waals surface area contributed by atoms with E-state index in [0.717, 1.165) is 5.92 Å². The normalized spacial score (nSPS) is 45.6. The molecule has 2 N–H and O–H groups in total. The van der Waals surface area contributed by atoms with E-state index in [0.29, 0.717) is 30.2 Å². The Kier molecular flexibility index (Phi) is 3.63. The molecule has 4 bridgehead atoms. The van der Waals surface area contributed by atoms with Crippen molar-refractivity contribution >= 4 is 5.91 Å². The fraction of sp³-hybridized carbons (Fsp3) is 0.944. The number of carbonyl (C=O) groups is 1. The van der Waals surface area contributed by atoms with Crippen LogP contribution in [0.4, 0.5) is 0 Å². The Labute approximate surface area is 128 Å². The first-order chi connectivity index (χ1) is 9.76. The van der Waals surface area contributed by atoms with Crippen LogP contribution in [0.5, 0.6) is 0 Å². The summed E-state index contributed by atoms with van der Waals surface area (Å²) in [5, 5.41) is 12.5. The summed E-state index contributed by atoms with van der Waals surface area (Å²) in [6.45, 7) is 7.24. The number of hydrogen-bond donors (Lipinski definition) is 2. The minimum atomic E-state index is -0.402. The van der Waals surface area contributed by atoms with Crippen LogP contribution < -0.4 is 5.32 Å². The number of aliphatic hydroxyl groups excluding tert-OH is 1. The summed E-state index contributed by atoms with van der Waals surface area (Å²) in [4.78, 5) is 12.3. The smallest absolute Gasteiger partial charge is 0.220 e. The summed E-state index contributed by atoms with van der Waals surface area (Å²) in [6, 6.07) is 0. The zero-order chi connectivity index (χ0) is 15.3. The van der Waals surface area contributed by atoms with E-state index in [1.165, 1.54) is 38.5 Å². The molecule has 4 aliphatic rings. The van der Waals surface area contributed by atoms with Crippen LogP contribution in [0.25, 0.3) is 0 Å². The highest BCUT2D eigenvalue weighted by molar-refractivity contribution is 5.76. The van der Waals surface area contributed by atoms with Gasteiger partial charge >= 0.3 is 0 Å². The van der Waals surface area contributed by atoms with Crippen LogP contribution in [0, 0.1) is 22.2 Å². The molecule has 4 fully saturated rings. The van der Waals surface area contributed by atoms with E-state index >= 15 is 0 Å². The highest BCUT2D eigenvalue weighted by Crippen LogP contribution is 2.70. The average molecular weight is 293 g/mol. The van der Waals surface area contributed by atoms with Crippen molar-refractivity contribution in [3.05, 3.63) is 0 Å². The van der Waals surface area contributed by atoms with Crippen molar-refractivity contribution in [1.82, 2.24) is 5.32 Å². The zero-order valence-corrected chi connectivity index (χ0v) is 13.9. The van der Waals surface area contributed by atoms with Crippen LogP contribution in [0.1, 0.15) is 72.1 Å². The van der Waals surface area contributed by atoms with Gasteiger partial charge in [-0.2, -0.15) is 0 Å². The molecule has 0 aliphatic heterocycles. The summed E-state index contributed by atoms with van der Waals surface area (Å²) in [5.41, 5.74) is 1.18. The molecule has 120 valence electrons. The van der Waals surface area contributed by atoms with E-state index < -0.39 is 6.10 Å².